The summed E-state index contributed by atoms with van der Waals surface area (Å²) in [6.45, 7) is 0. The molecule has 0 aliphatic heterocycles. The van der Waals surface area contributed by atoms with E-state index in [1.165, 1.54) is 0 Å². The van der Waals surface area contributed by atoms with Gasteiger partial charge < -0.3 is 19.2 Å². The van der Waals surface area contributed by atoms with Gasteiger partial charge in [0.15, 0.2) is 0 Å². The first-order chi connectivity index (χ1) is 5.00. The summed E-state index contributed by atoms with van der Waals surface area (Å²) in [7, 11) is -5.39. The Hall–Kier alpha value is 1.86. The standard InChI is InChI=1S/H3O4P.3H2O.3Zn/c1-5(2,3)4;;;;;;/h(H3,1,2,3,4);3*1H2;;;/q;;;;3*+2/p-6. The van der Waals surface area contributed by atoms with Gasteiger partial charge in [-0.3, -0.25) is 0 Å². The Morgan fingerprint density at radius 1 is 0.818 bits per heavy atom. The molecule has 7 nitrogen and oxygen atoms in total. The fourth-order valence-electron chi connectivity index (χ4n) is 0. The quantitative estimate of drug-likeness (QED) is 0.297. The molecule has 0 heterocycles. The second-order valence-corrected chi connectivity index (χ2v) is 1.34. The van der Waals surface area contributed by atoms with Gasteiger partial charge in [-0.05, 0) is 0 Å². The maximum atomic E-state index is 8.55. The van der Waals surface area contributed by atoms with Crippen LogP contribution in [0.15, 0.2) is 0 Å². The van der Waals surface area contributed by atoms with Gasteiger partial charge >= 0.3 is 67.8 Å². The summed E-state index contributed by atoms with van der Waals surface area (Å²) in [6, 6.07) is 0. The molecule has 11 heteroatoms. The van der Waals surface area contributed by atoms with Gasteiger partial charge in [-0.15, -0.1) is 0 Å². The van der Waals surface area contributed by atoms with Crippen LogP contribution in [-0.4, -0.2) is 11.8 Å². The van der Waals surface area contributed by atoms with E-state index in [-0.39, 0.29) is 0 Å². The molecule has 0 amide bonds. The molecule has 0 fully saturated rings. The van der Waals surface area contributed by atoms with Crippen molar-refractivity contribution in [2.75, 3.05) is 0 Å². The molecule has 0 radical (unpaired) electrons. The summed E-state index contributed by atoms with van der Waals surface area (Å²) in [4.78, 5) is 25.6. The minimum absolute atomic E-state index is 0.375. The third-order valence-electron chi connectivity index (χ3n) is 0. The van der Waals surface area contributed by atoms with Crippen molar-refractivity contribution >= 4 is 7.82 Å². The fraction of sp³-hybridized carbons (Fsp3) is 0. The molecule has 11 heavy (non-hydrogen) atoms. The zero-order valence-electron chi connectivity index (χ0n) is 5.54. The Balaban J connectivity index is -0.0000000350. The van der Waals surface area contributed by atoms with Crippen molar-refractivity contribution < 1.29 is 87.0 Å². The first-order valence-electron chi connectivity index (χ1n) is 1.68. The van der Waals surface area contributed by atoms with Crippen LogP contribution in [0.4, 0.5) is 0 Å². The van der Waals surface area contributed by atoms with Gasteiger partial charge in [-0.2, -0.15) is 7.82 Å². The van der Waals surface area contributed by atoms with E-state index in [2.05, 4.69) is 0 Å². The van der Waals surface area contributed by atoms with Crippen LogP contribution in [0.3, 0.4) is 0 Å². The molecule has 0 saturated carbocycles. The molecule has 0 rings (SSSR count). The van der Waals surface area contributed by atoms with Crippen molar-refractivity contribution in [2.24, 2.45) is 0 Å². The first-order valence-corrected chi connectivity index (χ1v) is 7.12. The monoisotopic (exact) mass is 338 g/mol. The summed E-state index contributed by atoms with van der Waals surface area (Å²) in [5, 5.41) is 0. The molecule has 0 atom stereocenters. The van der Waals surface area contributed by atoms with Crippen LogP contribution in [0.5, 0.6) is 0 Å². The van der Waals surface area contributed by atoms with Crippen LogP contribution in [0.25, 0.3) is 0 Å². The van der Waals surface area contributed by atoms with Gasteiger partial charge in [-0.1, -0.05) is 0 Å². The molecule has 56 valence electrons. The van der Waals surface area contributed by atoms with Gasteiger partial charge in [0.25, 0.3) is 0 Å². The van der Waals surface area contributed by atoms with E-state index in [1.54, 1.807) is 0 Å². The molecule has 0 aromatic heterocycles. The molecule has 0 aliphatic rings. The molecule has 0 unspecified atom stereocenters. The first kappa shape index (κ1) is 23.0. The van der Waals surface area contributed by atoms with Crippen molar-refractivity contribution in [2.45, 2.75) is 0 Å². The van der Waals surface area contributed by atoms with Crippen molar-refractivity contribution in [1.82, 2.24) is 0 Å². The molecular formula is H3O7PZn3. The van der Waals surface area contributed by atoms with E-state index in [0.29, 0.717) is 56.0 Å². The van der Waals surface area contributed by atoms with Crippen molar-refractivity contribution in [3.05, 3.63) is 0 Å². The van der Waals surface area contributed by atoms with Crippen LogP contribution in [0.1, 0.15) is 0 Å². The van der Waals surface area contributed by atoms with E-state index < -0.39 is 7.82 Å². The van der Waals surface area contributed by atoms with Gasteiger partial charge in [0.2, 0.25) is 0 Å². The molecule has 3 N–H and O–H groups in total. The van der Waals surface area contributed by atoms with Crippen LogP contribution in [-0.2, 0) is 60.6 Å². The van der Waals surface area contributed by atoms with E-state index in [9.17, 15) is 0 Å². The Morgan fingerprint density at radius 3 is 0.818 bits per heavy atom. The molecule has 0 aliphatic carbocycles. The predicted octanol–water partition coefficient (Wildman–Crippen LogP) is -4.50. The van der Waals surface area contributed by atoms with Crippen molar-refractivity contribution in [3.8, 4) is 0 Å². The predicted molar refractivity (Wildman–Crippen MR) is 14.3 cm³/mol. The molecule has 0 spiro atoms. The molecule has 0 bridgehead atoms. The van der Waals surface area contributed by atoms with Crippen molar-refractivity contribution in [1.29, 1.82) is 0 Å². The zero-order valence-corrected chi connectivity index (χ0v) is 15.3. The topological polar surface area (TPSA) is 147 Å². The second kappa shape index (κ2) is 22.6. The van der Waals surface area contributed by atoms with Gasteiger partial charge in [0, 0.05) is 0 Å². The zero-order chi connectivity index (χ0) is 10.5. The maximum absolute atomic E-state index is 8.55. The Kier molecular flexibility index (Phi) is 47.4. The fourth-order valence-corrected chi connectivity index (χ4v) is 0. The third-order valence-corrected chi connectivity index (χ3v) is 0. The van der Waals surface area contributed by atoms with Crippen LogP contribution in [0, 0.1) is 0 Å². The Bertz CT molecular complexity index is 59.8. The molecule has 0 aromatic rings. The summed E-state index contributed by atoms with van der Waals surface area (Å²) in [6.07, 6.45) is 0. The average Bonchev–Trinajstić information content (AvgIpc) is 1.96. The van der Waals surface area contributed by atoms with Crippen LogP contribution < -0.4 is 14.7 Å². The Morgan fingerprint density at radius 2 is 0.818 bits per heavy atom. The Labute approximate surface area is 94.3 Å². The SMILES string of the molecule is O=P([O-])([O-])[O-].[OH][Zn+].[OH][Zn+].[OH][Zn+]. The second-order valence-electron chi connectivity index (χ2n) is 0.447. The van der Waals surface area contributed by atoms with Crippen LogP contribution >= 0.6 is 7.82 Å². The number of phosphoric acid groups is 1. The molecule has 0 saturated heterocycles. The summed E-state index contributed by atoms with van der Waals surface area (Å²) < 4.78 is 29.9. The number of hydrogen-bond acceptors (Lipinski definition) is 7. The average molecular weight is 342 g/mol. The summed E-state index contributed by atoms with van der Waals surface area (Å²) >= 11 is 1.12. The van der Waals surface area contributed by atoms with Crippen LogP contribution in [0.2, 0.25) is 0 Å². The summed E-state index contributed by atoms with van der Waals surface area (Å²) in [5.74, 6) is 0. The van der Waals surface area contributed by atoms with E-state index >= 15 is 0 Å². The third kappa shape index (κ3) is 333. The van der Waals surface area contributed by atoms with Gasteiger partial charge in [-0.25, -0.2) is 0 Å². The normalized spacial score (nSPS) is 7.27. The minimum atomic E-state index is -5.39. The van der Waals surface area contributed by atoms with E-state index in [4.69, 9.17) is 31.0 Å². The van der Waals surface area contributed by atoms with Gasteiger partial charge in [0.05, 0.1) is 0 Å². The number of hydrogen-bond donors (Lipinski definition) is 3. The van der Waals surface area contributed by atoms with Crippen molar-refractivity contribution in [3.63, 3.8) is 0 Å². The van der Waals surface area contributed by atoms with E-state index in [0.717, 1.165) is 0 Å². The van der Waals surface area contributed by atoms with E-state index in [1.807, 2.05) is 0 Å². The molecular weight excluding hydrogens is 339 g/mol. The molecule has 0 aromatic carbocycles. The van der Waals surface area contributed by atoms with Gasteiger partial charge in [0.1, 0.15) is 0 Å². The number of rotatable bonds is 0. The summed E-state index contributed by atoms with van der Waals surface area (Å²) in [5.41, 5.74) is 0.